The maximum Gasteiger partial charge on any atom is 0.407 e. The van der Waals surface area contributed by atoms with E-state index in [1.807, 2.05) is 45.0 Å². The molecule has 1 aliphatic rings. The molecule has 1 saturated heterocycles. The highest BCUT2D eigenvalue weighted by Crippen LogP contribution is 2.34. The number of amides is 1. The summed E-state index contributed by atoms with van der Waals surface area (Å²) in [5.74, 6) is 0. The minimum atomic E-state index is -0.466. The number of rotatable bonds is 4. The van der Waals surface area contributed by atoms with E-state index in [2.05, 4.69) is 10.6 Å². The lowest BCUT2D eigenvalue weighted by molar-refractivity contribution is 0.0517. The smallest absolute Gasteiger partial charge is 0.407 e. The predicted molar refractivity (Wildman–Crippen MR) is 84.6 cm³/mol. The molecule has 4 nitrogen and oxygen atoms in total. The Balaban J connectivity index is 1.88. The van der Waals surface area contributed by atoms with Gasteiger partial charge in [-0.05, 0) is 57.9 Å². The third-order valence-electron chi connectivity index (χ3n) is 3.63. The van der Waals surface area contributed by atoms with Crippen LogP contribution in [-0.4, -0.2) is 24.8 Å². The highest BCUT2D eigenvalue weighted by molar-refractivity contribution is 6.30. The lowest BCUT2D eigenvalue weighted by Crippen LogP contribution is -2.55. The van der Waals surface area contributed by atoms with Crippen LogP contribution in [0.15, 0.2) is 24.3 Å². The molecule has 0 aliphatic carbocycles. The number of hydrogen-bond donors (Lipinski definition) is 2. The van der Waals surface area contributed by atoms with Crippen LogP contribution in [0.25, 0.3) is 0 Å². The summed E-state index contributed by atoms with van der Waals surface area (Å²) in [5.41, 5.74) is 0.691. The van der Waals surface area contributed by atoms with Gasteiger partial charge in [0.2, 0.25) is 0 Å². The van der Waals surface area contributed by atoms with E-state index in [0.717, 1.165) is 24.4 Å². The van der Waals surface area contributed by atoms with E-state index >= 15 is 0 Å². The van der Waals surface area contributed by atoms with Crippen LogP contribution in [0.5, 0.6) is 0 Å². The summed E-state index contributed by atoms with van der Waals surface area (Å²) in [5, 5.41) is 7.03. The minimum absolute atomic E-state index is 0.0560. The van der Waals surface area contributed by atoms with E-state index in [-0.39, 0.29) is 11.6 Å². The van der Waals surface area contributed by atoms with Crippen molar-refractivity contribution in [2.45, 2.75) is 44.8 Å². The molecule has 2 rings (SSSR count). The number of carbonyl (C=O) groups is 1. The fourth-order valence-electron chi connectivity index (χ4n) is 2.49. The molecule has 1 aromatic carbocycles. The van der Waals surface area contributed by atoms with Gasteiger partial charge >= 0.3 is 6.09 Å². The number of carbonyl (C=O) groups excluding carboxylic acids is 1. The van der Waals surface area contributed by atoms with Gasteiger partial charge in [0.15, 0.2) is 0 Å². The molecule has 116 valence electrons. The third kappa shape index (κ3) is 4.35. The monoisotopic (exact) mass is 310 g/mol. The summed E-state index contributed by atoms with van der Waals surface area (Å²) in [6.07, 6.45) is 1.52. The molecule has 0 spiro atoms. The Hall–Kier alpha value is -1.26. The lowest BCUT2D eigenvalue weighted by Gasteiger charge is -2.44. The van der Waals surface area contributed by atoms with Crippen molar-refractivity contribution in [3.05, 3.63) is 34.9 Å². The number of alkyl carbamates (subject to hydrolysis) is 1. The molecule has 1 aromatic rings. The molecular formula is C16H23ClN2O2. The molecule has 2 N–H and O–H groups in total. The van der Waals surface area contributed by atoms with Crippen LogP contribution < -0.4 is 10.6 Å². The number of nitrogens with one attached hydrogen (secondary N) is 2. The standard InChI is InChI=1S/C16H23ClN2O2/c1-15(2,3)21-14(20)18-10-8-16(9-11-19-16)12-4-6-13(17)7-5-12/h4-7,19H,8-11H2,1-3H3,(H,18,20). The normalized spacial score (nSPS) is 21.5. The van der Waals surface area contributed by atoms with Gasteiger partial charge in [0, 0.05) is 17.1 Å². The summed E-state index contributed by atoms with van der Waals surface area (Å²) < 4.78 is 5.24. The van der Waals surface area contributed by atoms with Crippen molar-refractivity contribution in [3.8, 4) is 0 Å². The molecule has 0 radical (unpaired) electrons. The maximum atomic E-state index is 11.7. The second kappa shape index (κ2) is 6.24. The first kappa shape index (κ1) is 16.1. The van der Waals surface area contributed by atoms with Gasteiger partial charge in [-0.1, -0.05) is 23.7 Å². The maximum absolute atomic E-state index is 11.7. The first-order valence-electron chi connectivity index (χ1n) is 7.29. The SMILES string of the molecule is CC(C)(C)OC(=O)NCCC1(c2ccc(Cl)cc2)CCN1. The second-order valence-corrected chi connectivity index (χ2v) is 6.88. The molecule has 0 saturated carbocycles. The van der Waals surface area contributed by atoms with Crippen molar-refractivity contribution in [2.24, 2.45) is 0 Å². The molecule has 5 heteroatoms. The molecule has 0 bridgehead atoms. The molecule has 1 aliphatic heterocycles. The van der Waals surface area contributed by atoms with Crippen molar-refractivity contribution < 1.29 is 9.53 Å². The van der Waals surface area contributed by atoms with Gasteiger partial charge in [-0.2, -0.15) is 0 Å². The molecule has 1 unspecified atom stereocenters. The van der Waals surface area contributed by atoms with E-state index < -0.39 is 5.60 Å². The van der Waals surface area contributed by atoms with Crippen molar-refractivity contribution in [2.75, 3.05) is 13.1 Å². The Labute approximate surface area is 131 Å². The van der Waals surface area contributed by atoms with Gasteiger partial charge in [0.05, 0.1) is 0 Å². The van der Waals surface area contributed by atoms with Gasteiger partial charge in [0.25, 0.3) is 0 Å². The van der Waals surface area contributed by atoms with Crippen LogP contribution in [0.1, 0.15) is 39.2 Å². The van der Waals surface area contributed by atoms with Crippen LogP contribution >= 0.6 is 11.6 Å². The Morgan fingerprint density at radius 2 is 2.00 bits per heavy atom. The molecule has 1 atom stereocenters. The fraction of sp³-hybridized carbons (Fsp3) is 0.562. The highest BCUT2D eigenvalue weighted by Gasteiger charge is 2.37. The first-order chi connectivity index (χ1) is 9.81. The van der Waals surface area contributed by atoms with Crippen LogP contribution in [0.2, 0.25) is 5.02 Å². The van der Waals surface area contributed by atoms with Crippen molar-refractivity contribution >= 4 is 17.7 Å². The first-order valence-corrected chi connectivity index (χ1v) is 7.66. The van der Waals surface area contributed by atoms with Gasteiger partial charge < -0.3 is 15.4 Å². The van der Waals surface area contributed by atoms with Crippen LogP contribution in [0.4, 0.5) is 4.79 Å². The van der Waals surface area contributed by atoms with Crippen molar-refractivity contribution in [1.29, 1.82) is 0 Å². The van der Waals surface area contributed by atoms with Crippen LogP contribution in [0, 0.1) is 0 Å². The van der Waals surface area contributed by atoms with Crippen molar-refractivity contribution in [1.82, 2.24) is 10.6 Å². The van der Waals surface area contributed by atoms with E-state index in [4.69, 9.17) is 16.3 Å². The Morgan fingerprint density at radius 3 is 2.48 bits per heavy atom. The number of halogens is 1. The quantitative estimate of drug-likeness (QED) is 0.895. The van der Waals surface area contributed by atoms with Gasteiger partial charge in [-0.15, -0.1) is 0 Å². The zero-order chi connectivity index (χ0) is 15.5. The zero-order valence-electron chi connectivity index (χ0n) is 12.8. The van der Waals surface area contributed by atoms with Gasteiger partial charge in [-0.25, -0.2) is 4.79 Å². The molecule has 1 fully saturated rings. The zero-order valence-corrected chi connectivity index (χ0v) is 13.6. The van der Waals surface area contributed by atoms with Crippen LogP contribution in [-0.2, 0) is 10.3 Å². The largest absolute Gasteiger partial charge is 0.444 e. The van der Waals surface area contributed by atoms with E-state index in [0.29, 0.717) is 6.54 Å². The number of hydrogen-bond acceptors (Lipinski definition) is 3. The molecule has 21 heavy (non-hydrogen) atoms. The van der Waals surface area contributed by atoms with Gasteiger partial charge in [0.1, 0.15) is 5.60 Å². The fourth-order valence-corrected chi connectivity index (χ4v) is 2.62. The Bertz CT molecular complexity index is 490. The third-order valence-corrected chi connectivity index (χ3v) is 3.88. The van der Waals surface area contributed by atoms with E-state index in [1.165, 1.54) is 5.56 Å². The summed E-state index contributed by atoms with van der Waals surface area (Å²) in [6, 6.07) is 7.89. The number of ether oxygens (including phenoxy) is 1. The predicted octanol–water partition coefficient (Wildman–Crippen LogP) is 3.44. The van der Waals surface area contributed by atoms with E-state index in [9.17, 15) is 4.79 Å². The minimum Gasteiger partial charge on any atom is -0.444 e. The van der Waals surface area contributed by atoms with Crippen LogP contribution in [0.3, 0.4) is 0 Å². The van der Waals surface area contributed by atoms with Crippen molar-refractivity contribution in [3.63, 3.8) is 0 Å². The summed E-state index contributed by atoms with van der Waals surface area (Å²) in [4.78, 5) is 11.7. The average Bonchev–Trinajstić information content (AvgIpc) is 2.32. The van der Waals surface area contributed by atoms with E-state index in [1.54, 1.807) is 0 Å². The molecular weight excluding hydrogens is 288 g/mol. The molecule has 1 amide bonds. The molecule has 0 aromatic heterocycles. The summed E-state index contributed by atoms with van der Waals surface area (Å²) >= 11 is 5.94. The Morgan fingerprint density at radius 1 is 1.38 bits per heavy atom. The van der Waals surface area contributed by atoms with Gasteiger partial charge in [-0.3, -0.25) is 0 Å². The molecule has 1 heterocycles. The topological polar surface area (TPSA) is 50.4 Å². The summed E-state index contributed by atoms with van der Waals surface area (Å²) in [7, 11) is 0. The average molecular weight is 311 g/mol. The summed E-state index contributed by atoms with van der Waals surface area (Å²) in [6.45, 7) is 7.14. The second-order valence-electron chi connectivity index (χ2n) is 6.44. The number of benzene rings is 1. The Kier molecular flexibility index (Phi) is 4.79. The lowest BCUT2D eigenvalue weighted by atomic mass is 9.78. The highest BCUT2D eigenvalue weighted by atomic mass is 35.5.